The van der Waals surface area contributed by atoms with Gasteiger partial charge in [-0.1, -0.05) is 30.0 Å². The predicted molar refractivity (Wildman–Crippen MR) is 111 cm³/mol. The van der Waals surface area contributed by atoms with Crippen LogP contribution < -0.4 is 4.90 Å². The van der Waals surface area contributed by atoms with Crippen LogP contribution >= 0.6 is 11.8 Å². The van der Waals surface area contributed by atoms with E-state index in [9.17, 15) is 14.9 Å². The molecule has 150 valence electrons. The molecule has 0 spiro atoms. The second kappa shape index (κ2) is 9.58. The summed E-state index contributed by atoms with van der Waals surface area (Å²) in [6, 6.07) is 12.8. The summed E-state index contributed by atoms with van der Waals surface area (Å²) in [5.41, 5.74) is 1.12. The zero-order valence-corrected chi connectivity index (χ0v) is 17.1. The van der Waals surface area contributed by atoms with Crippen LogP contribution in [0.4, 0.5) is 5.69 Å². The minimum Gasteiger partial charge on any atom is -0.465 e. The Hall–Kier alpha value is -3.83. The molecule has 0 fully saturated rings. The van der Waals surface area contributed by atoms with Gasteiger partial charge >= 0.3 is 11.9 Å². The van der Waals surface area contributed by atoms with Crippen molar-refractivity contribution in [2.75, 3.05) is 19.1 Å². The Bertz CT molecular complexity index is 1120. The SMILES string of the molecule is COC(=O)C1=C(C(=O)OC)N(c2ccccc2Sc2ncccc2C#N)C=CC=C1. The molecule has 0 saturated heterocycles. The molecule has 1 aliphatic rings. The lowest BCUT2D eigenvalue weighted by Gasteiger charge is -2.25. The van der Waals surface area contributed by atoms with E-state index in [4.69, 9.17) is 9.47 Å². The second-order valence-corrected chi connectivity index (χ2v) is 6.88. The number of esters is 2. The minimum atomic E-state index is -0.693. The normalized spacial score (nSPS) is 12.9. The molecule has 0 amide bonds. The van der Waals surface area contributed by atoms with Crippen molar-refractivity contribution in [1.29, 1.82) is 5.26 Å². The van der Waals surface area contributed by atoms with Gasteiger partial charge in [-0.25, -0.2) is 14.6 Å². The van der Waals surface area contributed by atoms with Crippen LogP contribution in [0.1, 0.15) is 5.56 Å². The van der Waals surface area contributed by atoms with Crippen molar-refractivity contribution in [2.24, 2.45) is 0 Å². The van der Waals surface area contributed by atoms with Crippen molar-refractivity contribution in [3.63, 3.8) is 0 Å². The summed E-state index contributed by atoms with van der Waals surface area (Å²) in [6.45, 7) is 0. The number of hydrogen-bond donors (Lipinski definition) is 0. The standard InChI is InChI=1S/C22H17N3O4S/c1-28-21(26)16-9-5-6-13-25(19(16)22(27)29-2)17-10-3-4-11-18(17)30-20-15(14-23)8-7-12-24-20/h3-13H,1-2H3. The molecule has 8 heteroatoms. The summed E-state index contributed by atoms with van der Waals surface area (Å²) in [4.78, 5) is 31.6. The molecule has 0 bridgehead atoms. The predicted octanol–water partition coefficient (Wildman–Crippen LogP) is 3.59. The first-order chi connectivity index (χ1) is 14.6. The third kappa shape index (κ3) is 4.26. The summed E-state index contributed by atoms with van der Waals surface area (Å²) in [6.07, 6.45) is 8.09. The second-order valence-electron chi connectivity index (χ2n) is 5.85. The van der Waals surface area contributed by atoms with Crippen LogP contribution in [0.15, 0.2) is 88.2 Å². The molecule has 0 N–H and O–H groups in total. The van der Waals surface area contributed by atoms with E-state index < -0.39 is 11.9 Å². The van der Waals surface area contributed by atoms with E-state index in [1.54, 1.807) is 47.6 Å². The number of aromatic nitrogens is 1. The highest BCUT2D eigenvalue weighted by Crippen LogP contribution is 2.38. The number of hydrogen-bond acceptors (Lipinski definition) is 8. The van der Waals surface area contributed by atoms with Gasteiger partial charge in [-0.15, -0.1) is 0 Å². The number of rotatable bonds is 5. The van der Waals surface area contributed by atoms with Gasteiger partial charge in [0, 0.05) is 17.3 Å². The fourth-order valence-electron chi connectivity index (χ4n) is 2.76. The van der Waals surface area contributed by atoms with Crippen molar-refractivity contribution < 1.29 is 19.1 Å². The Balaban J connectivity index is 2.15. The van der Waals surface area contributed by atoms with Gasteiger partial charge in [0.1, 0.15) is 16.8 Å². The van der Waals surface area contributed by atoms with Crippen LogP contribution in [0.25, 0.3) is 0 Å². The summed E-state index contributed by atoms with van der Waals surface area (Å²) in [5, 5.41) is 9.90. The van der Waals surface area contributed by atoms with Gasteiger partial charge < -0.3 is 14.4 Å². The number of methoxy groups -OCH3 is 2. The highest BCUT2D eigenvalue weighted by atomic mass is 32.2. The average molecular weight is 419 g/mol. The number of anilines is 1. The highest BCUT2D eigenvalue weighted by molar-refractivity contribution is 7.99. The average Bonchev–Trinajstić information content (AvgIpc) is 3.01. The van der Waals surface area contributed by atoms with E-state index in [1.165, 1.54) is 32.1 Å². The molecule has 0 aliphatic carbocycles. The van der Waals surface area contributed by atoms with E-state index >= 15 is 0 Å². The van der Waals surface area contributed by atoms with Gasteiger partial charge in [-0.2, -0.15) is 5.26 Å². The Morgan fingerprint density at radius 2 is 1.83 bits per heavy atom. The molecule has 0 radical (unpaired) electrons. The molecule has 0 atom stereocenters. The van der Waals surface area contributed by atoms with E-state index in [1.807, 2.05) is 18.2 Å². The number of pyridine rings is 1. The van der Waals surface area contributed by atoms with Gasteiger partial charge in [-0.05, 0) is 36.4 Å². The fraction of sp³-hybridized carbons (Fsp3) is 0.0909. The van der Waals surface area contributed by atoms with Crippen molar-refractivity contribution in [1.82, 2.24) is 4.98 Å². The van der Waals surface area contributed by atoms with E-state index in [0.29, 0.717) is 16.3 Å². The van der Waals surface area contributed by atoms with Crippen molar-refractivity contribution in [3.05, 3.63) is 83.9 Å². The van der Waals surface area contributed by atoms with E-state index in [2.05, 4.69) is 11.1 Å². The molecule has 0 unspecified atom stereocenters. The summed E-state index contributed by atoms with van der Waals surface area (Å²) in [5.74, 6) is -1.36. The monoisotopic (exact) mass is 419 g/mol. The summed E-state index contributed by atoms with van der Waals surface area (Å²) >= 11 is 1.28. The number of nitriles is 1. The lowest BCUT2D eigenvalue weighted by atomic mass is 10.1. The molecular formula is C22H17N3O4S. The van der Waals surface area contributed by atoms with Gasteiger partial charge in [0.2, 0.25) is 0 Å². The van der Waals surface area contributed by atoms with Crippen LogP contribution in [-0.2, 0) is 19.1 Å². The molecule has 3 rings (SSSR count). The number of ether oxygens (including phenoxy) is 2. The zero-order valence-electron chi connectivity index (χ0n) is 16.2. The molecular weight excluding hydrogens is 402 g/mol. The van der Waals surface area contributed by atoms with E-state index in [-0.39, 0.29) is 11.3 Å². The van der Waals surface area contributed by atoms with Crippen molar-refractivity contribution in [3.8, 4) is 6.07 Å². The van der Waals surface area contributed by atoms with Crippen molar-refractivity contribution in [2.45, 2.75) is 9.92 Å². The zero-order chi connectivity index (χ0) is 21.5. The van der Waals surface area contributed by atoms with Crippen LogP contribution in [0, 0.1) is 11.3 Å². The van der Waals surface area contributed by atoms with Crippen LogP contribution in [0.3, 0.4) is 0 Å². The number of allylic oxidation sites excluding steroid dienone is 2. The number of nitrogens with zero attached hydrogens (tertiary/aromatic N) is 3. The Morgan fingerprint density at radius 1 is 1.07 bits per heavy atom. The highest BCUT2D eigenvalue weighted by Gasteiger charge is 2.28. The Kier molecular flexibility index (Phi) is 6.67. The quantitative estimate of drug-likeness (QED) is 0.679. The molecule has 1 aliphatic heterocycles. The third-order valence-corrected chi connectivity index (χ3v) is 5.20. The number of para-hydroxylation sites is 1. The van der Waals surface area contributed by atoms with Crippen molar-refractivity contribution >= 4 is 29.4 Å². The van der Waals surface area contributed by atoms with Gasteiger partial charge in [0.25, 0.3) is 0 Å². The number of carbonyl (C=O) groups excluding carboxylic acids is 2. The lowest BCUT2D eigenvalue weighted by molar-refractivity contribution is -0.139. The minimum absolute atomic E-state index is 0.0175. The Labute approximate surface area is 177 Å². The van der Waals surface area contributed by atoms with Gasteiger partial charge in [-0.3, -0.25) is 0 Å². The maximum atomic E-state index is 12.6. The topological polar surface area (TPSA) is 92.5 Å². The molecule has 30 heavy (non-hydrogen) atoms. The largest absolute Gasteiger partial charge is 0.465 e. The molecule has 7 nitrogen and oxygen atoms in total. The molecule has 2 aromatic rings. The van der Waals surface area contributed by atoms with Crippen LogP contribution in [0.2, 0.25) is 0 Å². The maximum absolute atomic E-state index is 12.6. The third-order valence-electron chi connectivity index (χ3n) is 4.11. The molecule has 2 heterocycles. The summed E-state index contributed by atoms with van der Waals surface area (Å²) < 4.78 is 9.79. The first kappa shape index (κ1) is 20.9. The van der Waals surface area contributed by atoms with Gasteiger partial charge in [0.15, 0.2) is 0 Å². The van der Waals surface area contributed by atoms with E-state index in [0.717, 1.165) is 4.90 Å². The molecule has 0 saturated carbocycles. The van der Waals surface area contributed by atoms with Gasteiger partial charge in [0.05, 0.1) is 31.0 Å². The maximum Gasteiger partial charge on any atom is 0.355 e. The molecule has 1 aromatic heterocycles. The molecule has 1 aromatic carbocycles. The van der Waals surface area contributed by atoms with Crippen LogP contribution in [0.5, 0.6) is 0 Å². The lowest BCUT2D eigenvalue weighted by Crippen LogP contribution is -2.27. The van der Waals surface area contributed by atoms with Crippen LogP contribution in [-0.4, -0.2) is 31.1 Å². The number of carbonyl (C=O) groups is 2. The first-order valence-corrected chi connectivity index (χ1v) is 9.59. The Morgan fingerprint density at radius 3 is 2.57 bits per heavy atom. The fourth-order valence-corrected chi connectivity index (χ4v) is 3.72. The summed E-state index contributed by atoms with van der Waals surface area (Å²) in [7, 11) is 2.49. The first-order valence-electron chi connectivity index (χ1n) is 8.77. The number of benzene rings is 1. The smallest absolute Gasteiger partial charge is 0.355 e.